The lowest BCUT2D eigenvalue weighted by Gasteiger charge is -2.01. The fourth-order valence-electron chi connectivity index (χ4n) is 1.85. The molecule has 1 heteroatoms. The van der Waals surface area contributed by atoms with E-state index in [-0.39, 0.29) is 0 Å². The van der Waals surface area contributed by atoms with E-state index in [1.54, 1.807) is 12.3 Å². The summed E-state index contributed by atoms with van der Waals surface area (Å²) in [6, 6.07) is 8.27. The third kappa shape index (κ3) is 2.30. The van der Waals surface area contributed by atoms with Gasteiger partial charge in [-0.25, -0.2) is 0 Å². The SMILES string of the molecule is [CH]=CCCCCc1cccc2occc12. The minimum absolute atomic E-state index is 0.984. The Bertz CT molecular complexity index is 439. The number of hydrogen-bond donors (Lipinski definition) is 0. The molecule has 2 aromatic rings. The van der Waals surface area contributed by atoms with Crippen LogP contribution in [-0.2, 0) is 6.42 Å². The summed E-state index contributed by atoms with van der Waals surface area (Å²) in [4.78, 5) is 0. The molecule has 0 N–H and O–H groups in total. The van der Waals surface area contributed by atoms with Crippen molar-refractivity contribution in [1.82, 2.24) is 0 Å². The molecule has 1 aromatic heterocycles. The largest absolute Gasteiger partial charge is 0.464 e. The van der Waals surface area contributed by atoms with Gasteiger partial charge in [0.25, 0.3) is 0 Å². The van der Waals surface area contributed by atoms with Crippen LogP contribution in [0.4, 0.5) is 0 Å². The second-order valence-electron chi connectivity index (χ2n) is 3.73. The summed E-state index contributed by atoms with van der Waals surface area (Å²) in [5.41, 5.74) is 2.36. The van der Waals surface area contributed by atoms with Crippen LogP contribution in [0.1, 0.15) is 24.8 Å². The average Bonchev–Trinajstić information content (AvgIpc) is 2.73. The van der Waals surface area contributed by atoms with Gasteiger partial charge in [-0.3, -0.25) is 0 Å². The molecular formula is C14H15O. The lowest BCUT2D eigenvalue weighted by molar-refractivity contribution is 0.615. The molecular weight excluding hydrogens is 184 g/mol. The third-order valence-corrected chi connectivity index (χ3v) is 2.65. The summed E-state index contributed by atoms with van der Waals surface area (Å²) in [6.07, 6.45) is 7.93. The first-order valence-corrected chi connectivity index (χ1v) is 5.40. The van der Waals surface area contributed by atoms with E-state index < -0.39 is 0 Å². The molecule has 0 amide bonds. The van der Waals surface area contributed by atoms with Crippen molar-refractivity contribution in [2.24, 2.45) is 0 Å². The topological polar surface area (TPSA) is 13.1 Å². The van der Waals surface area contributed by atoms with E-state index in [2.05, 4.69) is 12.1 Å². The maximum atomic E-state index is 5.36. The van der Waals surface area contributed by atoms with E-state index in [1.807, 2.05) is 12.1 Å². The molecule has 1 radical (unpaired) electrons. The van der Waals surface area contributed by atoms with Crippen LogP contribution in [0.3, 0.4) is 0 Å². The Hall–Kier alpha value is -1.50. The van der Waals surface area contributed by atoms with Crippen molar-refractivity contribution < 1.29 is 4.42 Å². The number of benzene rings is 1. The van der Waals surface area contributed by atoms with Gasteiger partial charge in [-0.05, 0) is 43.4 Å². The molecule has 0 bridgehead atoms. The molecule has 0 spiro atoms. The van der Waals surface area contributed by atoms with Gasteiger partial charge < -0.3 is 4.42 Å². The van der Waals surface area contributed by atoms with Crippen LogP contribution in [0.25, 0.3) is 11.0 Å². The van der Waals surface area contributed by atoms with E-state index >= 15 is 0 Å². The van der Waals surface area contributed by atoms with Gasteiger partial charge in [0.05, 0.1) is 6.26 Å². The number of unbranched alkanes of at least 4 members (excludes halogenated alkanes) is 2. The zero-order valence-corrected chi connectivity index (χ0v) is 8.78. The summed E-state index contributed by atoms with van der Waals surface area (Å²) in [5.74, 6) is 0. The van der Waals surface area contributed by atoms with Crippen LogP contribution in [-0.4, -0.2) is 0 Å². The van der Waals surface area contributed by atoms with Crippen LogP contribution in [0, 0.1) is 6.58 Å². The van der Waals surface area contributed by atoms with Gasteiger partial charge >= 0.3 is 0 Å². The zero-order chi connectivity index (χ0) is 10.5. The minimum atomic E-state index is 0.984. The Kier molecular flexibility index (Phi) is 3.23. The number of allylic oxidation sites excluding steroid dienone is 1. The van der Waals surface area contributed by atoms with Crippen LogP contribution in [0.2, 0.25) is 0 Å². The summed E-state index contributed by atoms with van der Waals surface area (Å²) < 4.78 is 5.36. The summed E-state index contributed by atoms with van der Waals surface area (Å²) in [6.45, 7) is 5.34. The first-order valence-electron chi connectivity index (χ1n) is 5.40. The Morgan fingerprint density at radius 1 is 1.20 bits per heavy atom. The molecule has 0 atom stereocenters. The maximum Gasteiger partial charge on any atom is 0.134 e. The standard InChI is InChI=1S/C14H15O/c1-2-3-4-5-7-12-8-6-9-14-13(12)10-11-15-14/h1-2,6,8-11H,3-5,7H2. The van der Waals surface area contributed by atoms with Crippen molar-refractivity contribution in [3.63, 3.8) is 0 Å². The Labute approximate surface area is 90.4 Å². The molecule has 77 valence electrons. The van der Waals surface area contributed by atoms with Crippen molar-refractivity contribution in [1.29, 1.82) is 0 Å². The van der Waals surface area contributed by atoms with Gasteiger partial charge in [0.2, 0.25) is 0 Å². The Balaban J connectivity index is 2.07. The lowest BCUT2D eigenvalue weighted by Crippen LogP contribution is -1.85. The van der Waals surface area contributed by atoms with E-state index in [0.717, 1.165) is 24.8 Å². The number of aryl methyl sites for hydroxylation is 1. The van der Waals surface area contributed by atoms with Gasteiger partial charge in [0.1, 0.15) is 5.58 Å². The van der Waals surface area contributed by atoms with Gasteiger partial charge in [0, 0.05) is 5.39 Å². The van der Waals surface area contributed by atoms with Gasteiger partial charge in [-0.1, -0.05) is 24.8 Å². The number of fused-ring (bicyclic) bond motifs is 1. The van der Waals surface area contributed by atoms with Crippen molar-refractivity contribution in [3.8, 4) is 0 Å². The second-order valence-corrected chi connectivity index (χ2v) is 3.73. The molecule has 0 aliphatic carbocycles. The van der Waals surface area contributed by atoms with Crippen LogP contribution < -0.4 is 0 Å². The Morgan fingerprint density at radius 3 is 3.00 bits per heavy atom. The molecule has 0 unspecified atom stereocenters. The fraction of sp³-hybridized carbons (Fsp3) is 0.286. The second kappa shape index (κ2) is 4.83. The van der Waals surface area contributed by atoms with E-state index in [9.17, 15) is 0 Å². The highest BCUT2D eigenvalue weighted by Gasteiger charge is 2.02. The smallest absolute Gasteiger partial charge is 0.134 e. The highest BCUT2D eigenvalue weighted by molar-refractivity contribution is 5.80. The quantitative estimate of drug-likeness (QED) is 0.660. The lowest BCUT2D eigenvalue weighted by atomic mass is 10.0. The molecule has 0 aliphatic rings. The summed E-state index contributed by atoms with van der Waals surface area (Å²) in [5, 5.41) is 1.24. The monoisotopic (exact) mass is 199 g/mol. The third-order valence-electron chi connectivity index (χ3n) is 2.65. The molecule has 0 fully saturated rings. The first-order chi connectivity index (χ1) is 7.42. The molecule has 15 heavy (non-hydrogen) atoms. The predicted octanol–water partition coefficient (Wildman–Crippen LogP) is 4.13. The van der Waals surface area contributed by atoms with Crippen LogP contribution >= 0.6 is 0 Å². The Morgan fingerprint density at radius 2 is 2.13 bits per heavy atom. The maximum absolute atomic E-state index is 5.36. The number of furan rings is 1. The van der Waals surface area contributed by atoms with Crippen molar-refractivity contribution in [2.45, 2.75) is 25.7 Å². The number of rotatable bonds is 5. The summed E-state index contributed by atoms with van der Waals surface area (Å²) >= 11 is 0. The van der Waals surface area contributed by atoms with Crippen LogP contribution in [0.5, 0.6) is 0 Å². The van der Waals surface area contributed by atoms with Gasteiger partial charge in [-0.2, -0.15) is 0 Å². The zero-order valence-electron chi connectivity index (χ0n) is 8.78. The highest BCUT2D eigenvalue weighted by Crippen LogP contribution is 2.21. The van der Waals surface area contributed by atoms with Crippen molar-refractivity contribution >= 4 is 11.0 Å². The summed E-state index contributed by atoms with van der Waals surface area (Å²) in [7, 11) is 0. The average molecular weight is 199 g/mol. The molecule has 0 saturated heterocycles. The highest BCUT2D eigenvalue weighted by atomic mass is 16.3. The molecule has 0 saturated carbocycles. The predicted molar refractivity (Wildman–Crippen MR) is 62.6 cm³/mol. The van der Waals surface area contributed by atoms with E-state index in [1.165, 1.54) is 17.4 Å². The first kappa shape index (κ1) is 10.0. The van der Waals surface area contributed by atoms with Gasteiger partial charge in [-0.15, -0.1) is 0 Å². The van der Waals surface area contributed by atoms with Crippen molar-refractivity contribution in [2.75, 3.05) is 0 Å². The molecule has 1 aromatic carbocycles. The molecule has 1 heterocycles. The van der Waals surface area contributed by atoms with Crippen molar-refractivity contribution in [3.05, 3.63) is 48.7 Å². The molecule has 2 rings (SSSR count). The van der Waals surface area contributed by atoms with E-state index in [4.69, 9.17) is 11.0 Å². The van der Waals surface area contributed by atoms with E-state index in [0.29, 0.717) is 0 Å². The molecule has 1 nitrogen and oxygen atoms in total. The minimum Gasteiger partial charge on any atom is -0.464 e. The normalized spacial score (nSPS) is 10.7. The number of hydrogen-bond acceptors (Lipinski definition) is 1. The fourth-order valence-corrected chi connectivity index (χ4v) is 1.85. The van der Waals surface area contributed by atoms with Crippen LogP contribution in [0.15, 0.2) is 41.0 Å². The van der Waals surface area contributed by atoms with Gasteiger partial charge in [0.15, 0.2) is 0 Å². The molecule has 0 aliphatic heterocycles.